The third kappa shape index (κ3) is 18.8. The normalized spacial score (nSPS) is 10.2. The minimum atomic E-state index is -0.745. The van der Waals surface area contributed by atoms with Gasteiger partial charge in [-0.05, 0) is 39.7 Å². The Morgan fingerprint density at radius 1 is 1.05 bits per heavy atom. The van der Waals surface area contributed by atoms with Gasteiger partial charge < -0.3 is 9.84 Å². The number of ether oxygens (including phenoxy) is 1. The summed E-state index contributed by atoms with van der Waals surface area (Å²) < 4.78 is 4.96. The van der Waals surface area contributed by atoms with E-state index in [1.807, 2.05) is 6.08 Å². The molecule has 0 atom stereocenters. The first-order valence-electron chi connectivity index (χ1n) is 6.99. The summed E-state index contributed by atoms with van der Waals surface area (Å²) in [4.78, 5) is 20.2. The fraction of sp³-hybridized carbons (Fsp3) is 0.625. The topological polar surface area (TPSA) is 63.6 Å². The second-order valence-corrected chi connectivity index (χ2v) is 4.65. The standard InChI is InChI=1S/C13H22O2.C3H6O2/c1-5-13(14)15-10-9-12(4)8-6-7-11(2)3;1-2-3(4)5/h7,9H,5-6,8,10H2,1-4H3;2H2,1H3,(H,4,5)/b12-9-;. The zero-order valence-corrected chi connectivity index (χ0v) is 13.4. The summed E-state index contributed by atoms with van der Waals surface area (Å²) in [6.45, 7) is 10.1. The Labute approximate surface area is 122 Å². The maximum absolute atomic E-state index is 10.8. The molecule has 0 bridgehead atoms. The zero-order valence-electron chi connectivity index (χ0n) is 13.4. The predicted molar refractivity (Wildman–Crippen MR) is 81.6 cm³/mol. The van der Waals surface area contributed by atoms with Crippen molar-refractivity contribution < 1.29 is 19.4 Å². The van der Waals surface area contributed by atoms with Gasteiger partial charge in [0.2, 0.25) is 0 Å². The first kappa shape index (κ1) is 20.7. The highest BCUT2D eigenvalue weighted by molar-refractivity contribution is 5.68. The van der Waals surface area contributed by atoms with Crippen LogP contribution >= 0.6 is 0 Å². The molecule has 0 spiro atoms. The lowest BCUT2D eigenvalue weighted by atomic mass is 10.1. The van der Waals surface area contributed by atoms with E-state index in [-0.39, 0.29) is 12.4 Å². The molecule has 0 saturated heterocycles. The second-order valence-electron chi connectivity index (χ2n) is 4.65. The van der Waals surface area contributed by atoms with Crippen LogP contribution in [-0.2, 0) is 14.3 Å². The lowest BCUT2D eigenvalue weighted by molar-refractivity contribution is -0.142. The molecule has 0 fully saturated rings. The molecule has 4 heteroatoms. The van der Waals surface area contributed by atoms with Crippen LogP contribution in [0.5, 0.6) is 0 Å². The van der Waals surface area contributed by atoms with Gasteiger partial charge in [-0.15, -0.1) is 0 Å². The minimum absolute atomic E-state index is 0.136. The molecule has 0 aliphatic rings. The molecule has 20 heavy (non-hydrogen) atoms. The first-order valence-corrected chi connectivity index (χ1v) is 6.99. The van der Waals surface area contributed by atoms with Gasteiger partial charge in [-0.3, -0.25) is 9.59 Å². The molecule has 0 radical (unpaired) electrons. The molecular weight excluding hydrogens is 256 g/mol. The highest BCUT2D eigenvalue weighted by Crippen LogP contribution is 2.06. The smallest absolute Gasteiger partial charge is 0.305 e. The van der Waals surface area contributed by atoms with Crippen molar-refractivity contribution in [3.8, 4) is 0 Å². The maximum atomic E-state index is 10.8. The van der Waals surface area contributed by atoms with Crippen LogP contribution < -0.4 is 0 Å². The van der Waals surface area contributed by atoms with Gasteiger partial charge in [-0.2, -0.15) is 0 Å². The molecule has 0 unspecified atom stereocenters. The average Bonchev–Trinajstić information content (AvgIpc) is 2.38. The zero-order chi connectivity index (χ0) is 16.0. The number of carbonyl (C=O) groups excluding carboxylic acids is 1. The van der Waals surface area contributed by atoms with E-state index in [0.717, 1.165) is 12.8 Å². The SMILES string of the molecule is CCC(=O)O.CCC(=O)OC/C=C(/C)CCC=C(C)C. The van der Waals surface area contributed by atoms with Gasteiger partial charge in [0.05, 0.1) is 0 Å². The third-order valence-corrected chi connectivity index (χ3v) is 2.36. The summed E-state index contributed by atoms with van der Waals surface area (Å²) in [7, 11) is 0. The van der Waals surface area contributed by atoms with E-state index in [4.69, 9.17) is 9.84 Å². The lowest BCUT2D eigenvalue weighted by Gasteiger charge is -2.01. The number of carbonyl (C=O) groups is 2. The molecule has 0 aromatic carbocycles. The Morgan fingerprint density at radius 3 is 2.00 bits per heavy atom. The molecule has 0 aliphatic heterocycles. The van der Waals surface area contributed by atoms with Gasteiger partial charge >= 0.3 is 11.9 Å². The van der Waals surface area contributed by atoms with Crippen molar-refractivity contribution in [2.75, 3.05) is 6.61 Å². The van der Waals surface area contributed by atoms with E-state index in [2.05, 4.69) is 26.8 Å². The van der Waals surface area contributed by atoms with Gasteiger partial charge in [0.25, 0.3) is 0 Å². The summed E-state index contributed by atoms with van der Waals surface area (Å²) in [5, 5.41) is 7.72. The van der Waals surface area contributed by atoms with Gasteiger partial charge in [0.1, 0.15) is 6.61 Å². The number of hydrogen-bond donors (Lipinski definition) is 1. The molecule has 0 rings (SSSR count). The maximum Gasteiger partial charge on any atom is 0.305 e. The number of carboxylic acid groups (broad SMARTS) is 1. The second kappa shape index (κ2) is 13.8. The number of rotatable bonds is 7. The Kier molecular flexibility index (Phi) is 14.3. The Hall–Kier alpha value is -1.58. The highest BCUT2D eigenvalue weighted by atomic mass is 16.5. The van der Waals surface area contributed by atoms with E-state index < -0.39 is 5.97 Å². The van der Waals surface area contributed by atoms with Crippen molar-refractivity contribution >= 4 is 11.9 Å². The van der Waals surface area contributed by atoms with E-state index in [0.29, 0.717) is 13.0 Å². The number of esters is 1. The largest absolute Gasteiger partial charge is 0.481 e. The fourth-order valence-electron chi connectivity index (χ4n) is 1.07. The number of aliphatic carboxylic acids is 1. The van der Waals surface area contributed by atoms with Crippen molar-refractivity contribution in [2.45, 2.75) is 60.3 Å². The van der Waals surface area contributed by atoms with Crippen LogP contribution in [0.1, 0.15) is 60.3 Å². The van der Waals surface area contributed by atoms with Crippen LogP contribution in [0.2, 0.25) is 0 Å². The summed E-state index contributed by atoms with van der Waals surface area (Å²) in [6, 6.07) is 0. The van der Waals surface area contributed by atoms with Crippen LogP contribution in [0.4, 0.5) is 0 Å². The molecule has 4 nitrogen and oxygen atoms in total. The van der Waals surface area contributed by atoms with Gasteiger partial charge in [0, 0.05) is 12.8 Å². The molecule has 0 aromatic rings. The van der Waals surface area contributed by atoms with Crippen molar-refractivity contribution in [1.29, 1.82) is 0 Å². The number of allylic oxidation sites excluding steroid dienone is 3. The summed E-state index contributed by atoms with van der Waals surface area (Å²) in [5.41, 5.74) is 2.62. The van der Waals surface area contributed by atoms with E-state index >= 15 is 0 Å². The van der Waals surface area contributed by atoms with Crippen molar-refractivity contribution in [2.24, 2.45) is 0 Å². The average molecular weight is 284 g/mol. The molecular formula is C16H28O4. The predicted octanol–water partition coefficient (Wildman–Crippen LogP) is 4.11. The van der Waals surface area contributed by atoms with Crippen molar-refractivity contribution in [3.05, 3.63) is 23.3 Å². The van der Waals surface area contributed by atoms with E-state index in [1.165, 1.54) is 11.1 Å². The molecule has 0 aromatic heterocycles. The van der Waals surface area contributed by atoms with Gasteiger partial charge in [0.15, 0.2) is 0 Å². The van der Waals surface area contributed by atoms with E-state index in [1.54, 1.807) is 13.8 Å². The molecule has 0 aliphatic carbocycles. The fourth-order valence-corrected chi connectivity index (χ4v) is 1.07. The molecule has 1 N–H and O–H groups in total. The van der Waals surface area contributed by atoms with Crippen LogP contribution in [-0.4, -0.2) is 23.7 Å². The Balaban J connectivity index is 0. The number of carboxylic acids is 1. The van der Waals surface area contributed by atoms with E-state index in [9.17, 15) is 9.59 Å². The Morgan fingerprint density at radius 2 is 1.60 bits per heavy atom. The minimum Gasteiger partial charge on any atom is -0.481 e. The lowest BCUT2D eigenvalue weighted by Crippen LogP contribution is -2.02. The molecule has 0 amide bonds. The molecule has 0 saturated carbocycles. The number of hydrogen-bond acceptors (Lipinski definition) is 3. The Bertz CT molecular complexity index is 336. The first-order chi connectivity index (χ1) is 9.33. The van der Waals surface area contributed by atoms with Gasteiger partial charge in [-0.1, -0.05) is 31.1 Å². The van der Waals surface area contributed by atoms with Crippen LogP contribution in [0.15, 0.2) is 23.3 Å². The summed E-state index contributed by atoms with van der Waals surface area (Å²) in [5.74, 6) is -0.881. The third-order valence-electron chi connectivity index (χ3n) is 2.36. The van der Waals surface area contributed by atoms with Crippen LogP contribution in [0, 0.1) is 0 Å². The van der Waals surface area contributed by atoms with Crippen LogP contribution in [0.3, 0.4) is 0 Å². The molecule has 0 heterocycles. The van der Waals surface area contributed by atoms with Gasteiger partial charge in [-0.25, -0.2) is 0 Å². The monoisotopic (exact) mass is 284 g/mol. The highest BCUT2D eigenvalue weighted by Gasteiger charge is 1.95. The van der Waals surface area contributed by atoms with Crippen molar-refractivity contribution in [1.82, 2.24) is 0 Å². The quantitative estimate of drug-likeness (QED) is 0.564. The summed E-state index contributed by atoms with van der Waals surface area (Å²) in [6.07, 6.45) is 6.97. The van der Waals surface area contributed by atoms with Crippen LogP contribution in [0.25, 0.3) is 0 Å². The summed E-state index contributed by atoms with van der Waals surface area (Å²) >= 11 is 0. The van der Waals surface area contributed by atoms with Crippen molar-refractivity contribution in [3.63, 3.8) is 0 Å². The molecule has 116 valence electrons.